The van der Waals surface area contributed by atoms with Crippen LogP contribution >= 0.6 is 0 Å². The van der Waals surface area contributed by atoms with Gasteiger partial charge in [0.1, 0.15) is 0 Å². The fourth-order valence-corrected chi connectivity index (χ4v) is 3.19. The summed E-state index contributed by atoms with van der Waals surface area (Å²) in [7, 11) is 0. The molecule has 1 unspecified atom stereocenters. The molecule has 1 aliphatic carbocycles. The summed E-state index contributed by atoms with van der Waals surface area (Å²) >= 11 is 0. The molecule has 1 atom stereocenters. The molecule has 2 aromatic rings. The van der Waals surface area contributed by atoms with Crippen LogP contribution in [0.4, 0.5) is 0 Å². The number of carboxylic acids is 2. The second kappa shape index (κ2) is 5.64. The summed E-state index contributed by atoms with van der Waals surface area (Å²) in [5.74, 6) is -1.83. The standard InChI is InChI=1S/C18H16O4/c19-17(20)10-15-7-11-5-6-13(18(21)22)9-14(11)8-12-3-1-2-4-16(12)15/h1-6,9,15H,7-8,10H2,(H,19,20)(H,21,22). The molecule has 0 bridgehead atoms. The summed E-state index contributed by atoms with van der Waals surface area (Å²) in [4.78, 5) is 22.3. The molecule has 22 heavy (non-hydrogen) atoms. The van der Waals surface area contributed by atoms with Crippen LogP contribution in [0.15, 0.2) is 42.5 Å². The molecule has 0 saturated heterocycles. The van der Waals surface area contributed by atoms with Crippen LogP contribution in [0.25, 0.3) is 0 Å². The highest BCUT2D eigenvalue weighted by molar-refractivity contribution is 5.88. The Morgan fingerprint density at radius 1 is 1.00 bits per heavy atom. The molecule has 4 heteroatoms. The smallest absolute Gasteiger partial charge is 0.335 e. The predicted molar refractivity (Wildman–Crippen MR) is 81.3 cm³/mol. The van der Waals surface area contributed by atoms with E-state index in [1.807, 2.05) is 30.3 Å². The number of aliphatic carboxylic acids is 1. The number of carboxylic acid groups (broad SMARTS) is 2. The van der Waals surface area contributed by atoms with Gasteiger partial charge in [-0.3, -0.25) is 4.79 Å². The van der Waals surface area contributed by atoms with Gasteiger partial charge in [-0.25, -0.2) is 4.79 Å². The average molecular weight is 296 g/mol. The SMILES string of the molecule is O=C(O)CC1Cc2ccc(C(=O)O)cc2Cc2ccccc21. The Morgan fingerprint density at radius 2 is 1.77 bits per heavy atom. The Morgan fingerprint density at radius 3 is 2.50 bits per heavy atom. The van der Waals surface area contributed by atoms with E-state index in [1.54, 1.807) is 12.1 Å². The molecule has 4 nitrogen and oxygen atoms in total. The van der Waals surface area contributed by atoms with Gasteiger partial charge in [-0.1, -0.05) is 30.3 Å². The van der Waals surface area contributed by atoms with Crippen LogP contribution in [-0.4, -0.2) is 22.2 Å². The van der Waals surface area contributed by atoms with Crippen molar-refractivity contribution < 1.29 is 19.8 Å². The van der Waals surface area contributed by atoms with Gasteiger partial charge in [0, 0.05) is 0 Å². The van der Waals surface area contributed by atoms with Gasteiger partial charge >= 0.3 is 11.9 Å². The molecule has 0 amide bonds. The zero-order valence-electron chi connectivity index (χ0n) is 12.0. The molecule has 112 valence electrons. The van der Waals surface area contributed by atoms with E-state index in [9.17, 15) is 14.7 Å². The predicted octanol–water partition coefficient (Wildman–Crippen LogP) is 3.09. The van der Waals surface area contributed by atoms with E-state index in [4.69, 9.17) is 5.11 Å². The van der Waals surface area contributed by atoms with Gasteiger partial charge in [0.15, 0.2) is 0 Å². The molecular formula is C18H16O4. The third-order valence-electron chi connectivity index (χ3n) is 4.22. The number of benzene rings is 2. The first-order chi connectivity index (χ1) is 10.5. The second-order valence-corrected chi connectivity index (χ2v) is 5.66. The molecule has 2 N–H and O–H groups in total. The lowest BCUT2D eigenvalue weighted by molar-refractivity contribution is -0.137. The molecule has 0 saturated carbocycles. The van der Waals surface area contributed by atoms with E-state index in [0.717, 1.165) is 22.3 Å². The highest BCUT2D eigenvalue weighted by atomic mass is 16.4. The quantitative estimate of drug-likeness (QED) is 0.912. The minimum Gasteiger partial charge on any atom is -0.481 e. The number of hydrogen-bond donors (Lipinski definition) is 2. The fourth-order valence-electron chi connectivity index (χ4n) is 3.19. The lowest BCUT2D eigenvalue weighted by Crippen LogP contribution is -2.09. The van der Waals surface area contributed by atoms with Crippen molar-refractivity contribution in [2.75, 3.05) is 0 Å². The van der Waals surface area contributed by atoms with Gasteiger partial charge in [0.2, 0.25) is 0 Å². The van der Waals surface area contributed by atoms with Crippen molar-refractivity contribution in [1.82, 2.24) is 0 Å². The third-order valence-corrected chi connectivity index (χ3v) is 4.22. The highest BCUT2D eigenvalue weighted by Crippen LogP contribution is 2.34. The van der Waals surface area contributed by atoms with Crippen LogP contribution in [0.2, 0.25) is 0 Å². The van der Waals surface area contributed by atoms with Crippen molar-refractivity contribution in [3.63, 3.8) is 0 Å². The molecule has 2 aromatic carbocycles. The van der Waals surface area contributed by atoms with Crippen molar-refractivity contribution in [3.05, 3.63) is 70.3 Å². The molecule has 0 radical (unpaired) electrons. The van der Waals surface area contributed by atoms with Crippen LogP contribution < -0.4 is 0 Å². The van der Waals surface area contributed by atoms with Crippen molar-refractivity contribution in [2.45, 2.75) is 25.2 Å². The zero-order valence-corrected chi connectivity index (χ0v) is 12.0. The van der Waals surface area contributed by atoms with Gasteiger partial charge in [-0.2, -0.15) is 0 Å². The van der Waals surface area contributed by atoms with E-state index in [-0.39, 0.29) is 17.9 Å². The Labute approximate surface area is 128 Å². The Balaban J connectivity index is 2.08. The Kier molecular flexibility index (Phi) is 3.67. The summed E-state index contributed by atoms with van der Waals surface area (Å²) < 4.78 is 0. The summed E-state index contributed by atoms with van der Waals surface area (Å²) in [5, 5.41) is 18.3. The lowest BCUT2D eigenvalue weighted by atomic mass is 9.89. The van der Waals surface area contributed by atoms with Crippen molar-refractivity contribution >= 4 is 11.9 Å². The first-order valence-corrected chi connectivity index (χ1v) is 7.19. The monoisotopic (exact) mass is 296 g/mol. The van der Waals surface area contributed by atoms with Crippen molar-refractivity contribution in [3.8, 4) is 0 Å². The maximum absolute atomic E-state index is 11.2. The minimum atomic E-state index is -0.942. The molecule has 0 aromatic heterocycles. The normalized spacial score (nSPS) is 16.3. The zero-order chi connectivity index (χ0) is 15.7. The third kappa shape index (κ3) is 2.72. The Hall–Kier alpha value is -2.62. The van der Waals surface area contributed by atoms with Gasteiger partial charge < -0.3 is 10.2 Å². The summed E-state index contributed by atoms with van der Waals surface area (Å²) in [5.41, 5.74) is 4.41. The first-order valence-electron chi connectivity index (χ1n) is 7.19. The van der Waals surface area contributed by atoms with E-state index >= 15 is 0 Å². The average Bonchev–Trinajstić information content (AvgIpc) is 2.62. The Bertz CT molecular complexity index is 749. The summed E-state index contributed by atoms with van der Waals surface area (Å²) in [6.45, 7) is 0. The number of aromatic carboxylic acids is 1. The lowest BCUT2D eigenvalue weighted by Gasteiger charge is -2.15. The maximum Gasteiger partial charge on any atom is 0.335 e. The first kappa shape index (κ1) is 14.3. The van der Waals surface area contributed by atoms with Crippen LogP contribution in [-0.2, 0) is 17.6 Å². The summed E-state index contributed by atoms with van der Waals surface area (Å²) in [6, 6.07) is 12.9. The fraction of sp³-hybridized carbons (Fsp3) is 0.222. The molecule has 3 rings (SSSR count). The molecular weight excluding hydrogens is 280 g/mol. The largest absolute Gasteiger partial charge is 0.481 e. The molecule has 1 aliphatic rings. The van der Waals surface area contributed by atoms with E-state index in [1.165, 1.54) is 0 Å². The van der Waals surface area contributed by atoms with Crippen LogP contribution in [0.3, 0.4) is 0 Å². The molecule has 0 spiro atoms. The van der Waals surface area contributed by atoms with Gasteiger partial charge in [-0.15, -0.1) is 0 Å². The maximum atomic E-state index is 11.2. The highest BCUT2D eigenvalue weighted by Gasteiger charge is 2.24. The van der Waals surface area contributed by atoms with Gasteiger partial charge in [0.25, 0.3) is 0 Å². The number of fused-ring (bicyclic) bond motifs is 2. The topological polar surface area (TPSA) is 74.6 Å². The van der Waals surface area contributed by atoms with Crippen molar-refractivity contribution in [2.24, 2.45) is 0 Å². The second-order valence-electron chi connectivity index (χ2n) is 5.66. The number of hydrogen-bond acceptors (Lipinski definition) is 2. The van der Waals surface area contributed by atoms with Gasteiger partial charge in [0.05, 0.1) is 12.0 Å². The van der Waals surface area contributed by atoms with Crippen LogP contribution in [0.1, 0.15) is 45.0 Å². The number of carbonyl (C=O) groups is 2. The van der Waals surface area contributed by atoms with E-state index in [2.05, 4.69) is 0 Å². The van der Waals surface area contributed by atoms with Crippen molar-refractivity contribution in [1.29, 1.82) is 0 Å². The van der Waals surface area contributed by atoms with Crippen LogP contribution in [0.5, 0.6) is 0 Å². The minimum absolute atomic E-state index is 0.0781. The van der Waals surface area contributed by atoms with E-state index < -0.39 is 11.9 Å². The van der Waals surface area contributed by atoms with E-state index in [0.29, 0.717) is 12.8 Å². The molecule has 0 heterocycles. The van der Waals surface area contributed by atoms with Gasteiger partial charge in [-0.05, 0) is 53.1 Å². The number of rotatable bonds is 3. The van der Waals surface area contributed by atoms with Crippen LogP contribution in [0, 0.1) is 0 Å². The summed E-state index contributed by atoms with van der Waals surface area (Å²) in [6.07, 6.45) is 1.35. The molecule has 0 fully saturated rings. The molecule has 0 aliphatic heterocycles.